The quantitative estimate of drug-likeness (QED) is 0.188. The standard InChI is InChI=1S/C12H17N5O11P2/c1-16-4-17(8-5(16)9(19)15-11(13)14-8)10-6-7(18)12(27-10,2-25-6)3-26-30(23,24)28-29(20,21)22/h4,6-7,10,18H,2-3H2,1H3,(H5-,13,14,15,19,20,21,22,23,24)/p+1/t6?,7-,10-,12-/m1/s1. The molecule has 2 fully saturated rings. The summed E-state index contributed by atoms with van der Waals surface area (Å²) in [4.78, 5) is 45.5. The Morgan fingerprint density at radius 2 is 2.17 bits per heavy atom. The van der Waals surface area contributed by atoms with Gasteiger partial charge in [0.1, 0.15) is 17.8 Å². The minimum atomic E-state index is -5.31. The third-order valence-electron chi connectivity index (χ3n) is 4.75. The number of aromatic nitrogens is 4. The number of nitrogens with one attached hydrogen (secondary N) is 1. The molecule has 16 nitrogen and oxygen atoms in total. The van der Waals surface area contributed by atoms with Crippen molar-refractivity contribution in [2.24, 2.45) is 7.05 Å². The second-order valence-electron chi connectivity index (χ2n) is 6.86. The summed E-state index contributed by atoms with van der Waals surface area (Å²) in [6, 6.07) is 0. The first-order valence-electron chi connectivity index (χ1n) is 8.30. The van der Waals surface area contributed by atoms with Crippen molar-refractivity contribution in [1.29, 1.82) is 0 Å². The largest absolute Gasteiger partial charge is 0.481 e. The number of imidazole rings is 1. The number of fused-ring (bicyclic) bond motifs is 3. The molecule has 2 aromatic rings. The van der Waals surface area contributed by atoms with Gasteiger partial charge in [0, 0.05) is 0 Å². The summed E-state index contributed by atoms with van der Waals surface area (Å²) in [5, 5.41) is 10.6. The number of nitrogens with zero attached hydrogens (tertiary/aromatic N) is 3. The van der Waals surface area contributed by atoms with Crippen molar-refractivity contribution in [2.45, 2.75) is 24.0 Å². The van der Waals surface area contributed by atoms with E-state index in [-0.39, 0.29) is 23.7 Å². The number of rotatable bonds is 6. The predicted molar refractivity (Wildman–Crippen MR) is 93.4 cm³/mol. The number of nitrogens with two attached hydrogens (primary N) is 1. The molecule has 30 heavy (non-hydrogen) atoms. The maximum absolute atomic E-state index is 12.2. The van der Waals surface area contributed by atoms with Gasteiger partial charge >= 0.3 is 21.3 Å². The van der Waals surface area contributed by atoms with Crippen molar-refractivity contribution in [3.63, 3.8) is 0 Å². The van der Waals surface area contributed by atoms with Gasteiger partial charge in [0.25, 0.3) is 11.5 Å². The molecule has 2 aliphatic heterocycles. The minimum absolute atomic E-state index is 0.140. The van der Waals surface area contributed by atoms with Crippen LogP contribution in [0.25, 0.3) is 11.2 Å². The third kappa shape index (κ3) is 3.61. The molecule has 4 rings (SSSR count). The molecule has 18 heteroatoms. The number of aliphatic hydroxyl groups excluding tert-OH is 1. The molecule has 0 spiro atoms. The molecule has 0 aliphatic carbocycles. The number of hydrogen-bond acceptors (Lipinski definition) is 10. The Morgan fingerprint density at radius 3 is 2.83 bits per heavy atom. The number of hydrogen-bond donors (Lipinski definition) is 6. The molecule has 0 aromatic carbocycles. The Morgan fingerprint density at radius 1 is 1.47 bits per heavy atom. The molecule has 166 valence electrons. The summed E-state index contributed by atoms with van der Waals surface area (Å²) >= 11 is 0. The number of H-pyrrole nitrogens is 1. The number of phosphoric ester groups is 1. The third-order valence-corrected chi connectivity index (χ3v) is 6.88. The van der Waals surface area contributed by atoms with E-state index in [1.54, 1.807) is 7.05 Å². The van der Waals surface area contributed by atoms with Gasteiger partial charge in [0.05, 0.1) is 20.3 Å². The van der Waals surface area contributed by atoms with Crippen LogP contribution in [0.1, 0.15) is 6.23 Å². The topological polar surface area (TPSA) is 233 Å². The average Bonchev–Trinajstić information content (AvgIpc) is 3.18. The first-order valence-corrected chi connectivity index (χ1v) is 11.3. The van der Waals surface area contributed by atoms with E-state index in [2.05, 4.69) is 18.8 Å². The Balaban J connectivity index is 1.63. The van der Waals surface area contributed by atoms with E-state index in [4.69, 9.17) is 25.0 Å². The fraction of sp³-hybridized carbons (Fsp3) is 0.583. The van der Waals surface area contributed by atoms with E-state index in [0.29, 0.717) is 0 Å². The van der Waals surface area contributed by atoms with Gasteiger partial charge in [0.2, 0.25) is 11.7 Å². The zero-order valence-electron chi connectivity index (χ0n) is 15.2. The van der Waals surface area contributed by atoms with Crippen molar-refractivity contribution >= 4 is 32.8 Å². The second kappa shape index (κ2) is 6.90. The second-order valence-corrected chi connectivity index (χ2v) is 9.69. The minimum Gasteiger partial charge on any atom is -0.387 e. The summed E-state index contributed by atoms with van der Waals surface area (Å²) in [7, 11) is -8.90. The summed E-state index contributed by atoms with van der Waals surface area (Å²) in [5.41, 5.74) is 3.77. The van der Waals surface area contributed by atoms with Crippen LogP contribution in [-0.2, 0) is 34.5 Å². The molecule has 5 atom stereocenters. The maximum atomic E-state index is 12.2. The van der Waals surface area contributed by atoms with Gasteiger partial charge in [-0.1, -0.05) is 4.98 Å². The van der Waals surface area contributed by atoms with Gasteiger partial charge in [-0.05, 0) is 0 Å². The number of ether oxygens (including phenoxy) is 2. The highest BCUT2D eigenvalue weighted by atomic mass is 31.3. The zero-order chi connectivity index (χ0) is 22.1. The fourth-order valence-electron chi connectivity index (χ4n) is 3.54. The highest BCUT2D eigenvalue weighted by Gasteiger charge is 2.64. The average molecular weight is 470 g/mol. The number of nitrogen functional groups attached to an aromatic ring is 1. The highest BCUT2D eigenvalue weighted by Crippen LogP contribution is 2.58. The Kier molecular flexibility index (Phi) is 4.95. The van der Waals surface area contributed by atoms with E-state index >= 15 is 0 Å². The van der Waals surface area contributed by atoms with Gasteiger partial charge < -0.3 is 35.0 Å². The number of aryl methyl sites for hydroxylation is 1. The molecule has 2 saturated heterocycles. The summed E-state index contributed by atoms with van der Waals surface area (Å²) in [5.74, 6) is -0.147. The SMILES string of the molecule is Cn1c[n+]([C@@H]2O[C@@]3(COP(=O)(O)OP(=O)(O)O)COC2[C@H]3O)c2nc(N)[nH]c(=O)c21. The number of aliphatic hydroxyl groups is 1. The summed E-state index contributed by atoms with van der Waals surface area (Å²) in [6.07, 6.45) is -1.86. The van der Waals surface area contributed by atoms with E-state index < -0.39 is 51.8 Å². The lowest BCUT2D eigenvalue weighted by molar-refractivity contribution is -0.752. The molecule has 7 N–H and O–H groups in total. The molecular weight excluding hydrogens is 452 g/mol. The van der Waals surface area contributed by atoms with Crippen molar-refractivity contribution < 1.29 is 51.8 Å². The summed E-state index contributed by atoms with van der Waals surface area (Å²) < 4.78 is 45.1. The van der Waals surface area contributed by atoms with Crippen molar-refractivity contribution in [2.75, 3.05) is 18.9 Å². The lowest BCUT2D eigenvalue weighted by Crippen LogP contribution is -2.50. The van der Waals surface area contributed by atoms with E-state index in [9.17, 15) is 23.9 Å². The Labute approximate surface area is 166 Å². The molecule has 2 bridgehead atoms. The first-order chi connectivity index (χ1) is 13.8. The maximum Gasteiger partial charge on any atom is 0.481 e. The number of anilines is 1. The molecule has 0 amide bonds. The van der Waals surface area contributed by atoms with Gasteiger partial charge in [-0.3, -0.25) is 18.9 Å². The van der Waals surface area contributed by atoms with Crippen LogP contribution in [-0.4, -0.2) is 65.3 Å². The molecule has 2 aliphatic rings. The van der Waals surface area contributed by atoms with Gasteiger partial charge in [-0.15, -0.1) is 0 Å². The van der Waals surface area contributed by atoms with Crippen molar-refractivity contribution in [3.8, 4) is 0 Å². The summed E-state index contributed by atoms with van der Waals surface area (Å²) in [6.45, 7) is -1.02. The molecule has 4 heterocycles. The van der Waals surface area contributed by atoms with Crippen LogP contribution in [0.3, 0.4) is 0 Å². The smallest absolute Gasteiger partial charge is 0.387 e. The van der Waals surface area contributed by atoms with Crippen molar-refractivity contribution in [3.05, 3.63) is 16.7 Å². The molecule has 0 saturated carbocycles. The van der Waals surface area contributed by atoms with E-state index in [1.807, 2.05) is 0 Å². The molecule has 0 radical (unpaired) electrons. The van der Waals surface area contributed by atoms with Crippen molar-refractivity contribution in [1.82, 2.24) is 14.5 Å². The van der Waals surface area contributed by atoms with Crippen LogP contribution in [0.15, 0.2) is 11.1 Å². The lowest BCUT2D eigenvalue weighted by atomic mass is 10.0. The fourth-order valence-corrected chi connectivity index (χ4v) is 5.19. The Hall–Kier alpha value is -1.71. The number of aromatic amines is 1. The molecule has 2 unspecified atom stereocenters. The van der Waals surface area contributed by atoms with Gasteiger partial charge in [-0.2, -0.15) is 4.31 Å². The normalized spacial score (nSPS) is 30.8. The van der Waals surface area contributed by atoms with E-state index in [1.165, 1.54) is 15.5 Å². The molecular formula is C12H18N5O11P2+. The molecule has 2 aromatic heterocycles. The van der Waals surface area contributed by atoms with Gasteiger partial charge in [-0.25, -0.2) is 13.7 Å². The van der Waals surface area contributed by atoms with Crippen LogP contribution >= 0.6 is 15.6 Å². The first kappa shape index (κ1) is 21.5. The Bertz CT molecular complexity index is 1160. The van der Waals surface area contributed by atoms with Crippen LogP contribution in [0.5, 0.6) is 0 Å². The van der Waals surface area contributed by atoms with Crippen LogP contribution in [0.4, 0.5) is 5.95 Å². The van der Waals surface area contributed by atoms with Gasteiger partial charge in [0.15, 0.2) is 6.33 Å². The van der Waals surface area contributed by atoms with Crippen LogP contribution < -0.4 is 15.9 Å². The van der Waals surface area contributed by atoms with Crippen LogP contribution in [0.2, 0.25) is 0 Å². The zero-order valence-corrected chi connectivity index (χ0v) is 17.0. The van der Waals surface area contributed by atoms with E-state index in [0.717, 1.165) is 0 Å². The monoisotopic (exact) mass is 470 g/mol. The van der Waals surface area contributed by atoms with Crippen LogP contribution in [0, 0.1) is 0 Å². The predicted octanol–water partition coefficient (Wildman–Crippen LogP) is -2.62. The number of phosphoric acid groups is 2. The highest BCUT2D eigenvalue weighted by molar-refractivity contribution is 7.60. The lowest BCUT2D eigenvalue weighted by Gasteiger charge is -2.29.